The highest BCUT2D eigenvalue weighted by molar-refractivity contribution is 5.83. The van der Waals surface area contributed by atoms with E-state index in [1.54, 1.807) is 0 Å². The first kappa shape index (κ1) is 16.5. The molecule has 21 heavy (non-hydrogen) atoms. The number of amides is 1. The van der Waals surface area contributed by atoms with Crippen LogP contribution < -0.4 is 0 Å². The maximum Gasteiger partial charge on any atom is 0.226 e. The molecule has 3 nitrogen and oxygen atoms in total. The summed E-state index contributed by atoms with van der Waals surface area (Å²) < 4.78 is 0. The molecule has 1 amide bonds. The van der Waals surface area contributed by atoms with Crippen LogP contribution >= 0.6 is 0 Å². The smallest absolute Gasteiger partial charge is 0.226 e. The van der Waals surface area contributed by atoms with E-state index in [4.69, 9.17) is 0 Å². The Hall–Kier alpha value is -0.860. The molecule has 2 rings (SSSR count). The topological polar surface area (TPSA) is 37.4 Å². The number of aldehydes is 1. The number of hydrogen-bond donors (Lipinski definition) is 0. The second-order valence-electron chi connectivity index (χ2n) is 7.47. The zero-order valence-electron chi connectivity index (χ0n) is 14.1. The van der Waals surface area contributed by atoms with E-state index in [1.807, 2.05) is 11.9 Å². The summed E-state index contributed by atoms with van der Waals surface area (Å²) in [5, 5.41) is 0. The predicted octanol–water partition coefficient (Wildman–Crippen LogP) is 3.66. The number of carbonyl (C=O) groups excluding carboxylic acids is 2. The van der Waals surface area contributed by atoms with Crippen molar-refractivity contribution in [1.29, 1.82) is 0 Å². The number of rotatable bonds is 7. The maximum absolute atomic E-state index is 13.1. The Balaban J connectivity index is 2.16. The Labute approximate surface area is 129 Å². The SMILES string of the molecule is CCCC(C)(CCC)N(C)C(=O)C1C2CCC(C2)C1C=O. The summed E-state index contributed by atoms with van der Waals surface area (Å²) in [6.07, 6.45) is 8.68. The molecule has 0 spiro atoms. The van der Waals surface area contributed by atoms with Crippen LogP contribution in [0.5, 0.6) is 0 Å². The molecule has 0 saturated heterocycles. The van der Waals surface area contributed by atoms with E-state index in [0.717, 1.165) is 51.2 Å². The second kappa shape index (κ2) is 6.50. The quantitative estimate of drug-likeness (QED) is 0.672. The van der Waals surface area contributed by atoms with Crippen molar-refractivity contribution in [3.63, 3.8) is 0 Å². The normalized spacial score (nSPS) is 31.4. The van der Waals surface area contributed by atoms with Crippen molar-refractivity contribution in [3.05, 3.63) is 0 Å². The highest BCUT2D eigenvalue weighted by atomic mass is 16.2. The van der Waals surface area contributed by atoms with Crippen molar-refractivity contribution >= 4 is 12.2 Å². The van der Waals surface area contributed by atoms with Gasteiger partial charge in [-0.2, -0.15) is 0 Å². The minimum atomic E-state index is -0.0597. The summed E-state index contributed by atoms with van der Waals surface area (Å²) in [4.78, 5) is 26.5. The minimum absolute atomic E-state index is 0.0220. The van der Waals surface area contributed by atoms with Gasteiger partial charge in [-0.15, -0.1) is 0 Å². The molecule has 0 heterocycles. The Morgan fingerprint density at radius 2 is 1.76 bits per heavy atom. The largest absolute Gasteiger partial charge is 0.340 e. The molecular formula is C18H31NO2. The maximum atomic E-state index is 13.1. The summed E-state index contributed by atoms with van der Waals surface area (Å²) >= 11 is 0. The first-order valence-electron chi connectivity index (χ1n) is 8.71. The molecule has 0 aliphatic heterocycles. The minimum Gasteiger partial charge on any atom is -0.340 e. The Morgan fingerprint density at radius 3 is 2.29 bits per heavy atom. The van der Waals surface area contributed by atoms with Crippen LogP contribution in [0.1, 0.15) is 65.7 Å². The first-order valence-corrected chi connectivity index (χ1v) is 8.71. The van der Waals surface area contributed by atoms with Crippen molar-refractivity contribution in [3.8, 4) is 0 Å². The van der Waals surface area contributed by atoms with Crippen LogP contribution in [0, 0.1) is 23.7 Å². The molecule has 0 N–H and O–H groups in total. The van der Waals surface area contributed by atoms with Gasteiger partial charge in [0, 0.05) is 18.5 Å². The Bertz CT molecular complexity index is 387. The summed E-state index contributed by atoms with van der Waals surface area (Å²) in [6.45, 7) is 6.57. The summed E-state index contributed by atoms with van der Waals surface area (Å²) in [7, 11) is 1.96. The van der Waals surface area contributed by atoms with Crippen LogP contribution in [0.4, 0.5) is 0 Å². The van der Waals surface area contributed by atoms with Crippen molar-refractivity contribution in [2.24, 2.45) is 23.7 Å². The lowest BCUT2D eigenvalue weighted by molar-refractivity contribution is -0.145. The number of fused-ring (bicyclic) bond motifs is 2. The van der Waals surface area contributed by atoms with Gasteiger partial charge >= 0.3 is 0 Å². The van der Waals surface area contributed by atoms with Gasteiger partial charge in [0.1, 0.15) is 6.29 Å². The van der Waals surface area contributed by atoms with Crippen LogP contribution in [0.3, 0.4) is 0 Å². The molecule has 4 atom stereocenters. The fraction of sp³-hybridized carbons (Fsp3) is 0.889. The molecule has 2 saturated carbocycles. The standard InChI is InChI=1S/C18H31NO2/c1-5-9-18(3,10-6-2)19(4)17(21)16-14-8-7-13(11-14)15(16)12-20/h12-16H,5-11H2,1-4H3. The van der Waals surface area contributed by atoms with Crippen molar-refractivity contribution < 1.29 is 9.59 Å². The van der Waals surface area contributed by atoms with Crippen molar-refractivity contribution in [2.75, 3.05) is 7.05 Å². The molecule has 0 aromatic heterocycles. The highest BCUT2D eigenvalue weighted by Gasteiger charge is 2.52. The van der Waals surface area contributed by atoms with Crippen LogP contribution in [0.2, 0.25) is 0 Å². The lowest BCUT2D eigenvalue weighted by atomic mass is 9.78. The monoisotopic (exact) mass is 293 g/mol. The molecular weight excluding hydrogens is 262 g/mol. The van der Waals surface area contributed by atoms with Gasteiger partial charge in [0.15, 0.2) is 0 Å². The number of nitrogens with zero attached hydrogens (tertiary/aromatic N) is 1. The van der Waals surface area contributed by atoms with Gasteiger partial charge in [0.25, 0.3) is 0 Å². The zero-order chi connectivity index (χ0) is 15.6. The van der Waals surface area contributed by atoms with Crippen LogP contribution in [0.15, 0.2) is 0 Å². The number of hydrogen-bond acceptors (Lipinski definition) is 2. The van der Waals surface area contributed by atoms with E-state index in [9.17, 15) is 9.59 Å². The fourth-order valence-corrected chi connectivity index (χ4v) is 4.93. The van der Waals surface area contributed by atoms with Crippen LogP contribution in [0.25, 0.3) is 0 Å². The highest BCUT2D eigenvalue weighted by Crippen LogP contribution is 2.52. The zero-order valence-corrected chi connectivity index (χ0v) is 14.1. The van der Waals surface area contributed by atoms with Crippen LogP contribution in [-0.4, -0.2) is 29.7 Å². The summed E-state index contributed by atoms with van der Waals surface area (Å²) in [5.74, 6) is 1.08. The third-order valence-corrected chi connectivity index (χ3v) is 6.14. The summed E-state index contributed by atoms with van der Waals surface area (Å²) in [6, 6.07) is 0. The summed E-state index contributed by atoms with van der Waals surface area (Å²) in [5.41, 5.74) is -0.0597. The third-order valence-electron chi connectivity index (χ3n) is 6.14. The average molecular weight is 293 g/mol. The van der Waals surface area contributed by atoms with Gasteiger partial charge in [-0.25, -0.2) is 0 Å². The molecule has 0 aromatic rings. The van der Waals surface area contributed by atoms with E-state index >= 15 is 0 Å². The van der Waals surface area contributed by atoms with Gasteiger partial charge in [0.05, 0.1) is 5.92 Å². The molecule has 2 aliphatic rings. The van der Waals surface area contributed by atoms with Crippen molar-refractivity contribution in [2.45, 2.75) is 71.3 Å². The molecule has 120 valence electrons. The van der Waals surface area contributed by atoms with Gasteiger partial charge in [-0.05, 0) is 50.9 Å². The molecule has 2 bridgehead atoms. The van der Waals surface area contributed by atoms with E-state index in [-0.39, 0.29) is 23.3 Å². The van der Waals surface area contributed by atoms with E-state index in [0.29, 0.717) is 11.8 Å². The lowest BCUT2D eigenvalue weighted by Gasteiger charge is -2.42. The van der Waals surface area contributed by atoms with Gasteiger partial charge in [-0.1, -0.05) is 26.7 Å². The average Bonchev–Trinajstić information content (AvgIpc) is 3.06. The van der Waals surface area contributed by atoms with E-state index in [1.165, 1.54) is 0 Å². The molecule has 2 fully saturated rings. The third kappa shape index (κ3) is 2.89. The molecule has 4 unspecified atom stereocenters. The number of carbonyl (C=O) groups is 2. The molecule has 0 aromatic carbocycles. The van der Waals surface area contributed by atoms with Gasteiger partial charge in [-0.3, -0.25) is 4.79 Å². The second-order valence-corrected chi connectivity index (χ2v) is 7.47. The van der Waals surface area contributed by atoms with E-state index < -0.39 is 0 Å². The Kier molecular flexibility index (Phi) is 5.11. The first-order chi connectivity index (χ1) is 9.98. The predicted molar refractivity (Wildman–Crippen MR) is 84.9 cm³/mol. The molecule has 3 heteroatoms. The van der Waals surface area contributed by atoms with Crippen molar-refractivity contribution in [1.82, 2.24) is 4.90 Å². The van der Waals surface area contributed by atoms with E-state index in [2.05, 4.69) is 20.8 Å². The van der Waals surface area contributed by atoms with Gasteiger partial charge < -0.3 is 9.69 Å². The molecule has 0 radical (unpaired) electrons. The molecule has 2 aliphatic carbocycles. The van der Waals surface area contributed by atoms with Crippen LogP contribution in [-0.2, 0) is 9.59 Å². The van der Waals surface area contributed by atoms with Gasteiger partial charge in [0.2, 0.25) is 5.91 Å². The fourth-order valence-electron chi connectivity index (χ4n) is 4.93. The Morgan fingerprint density at radius 1 is 1.19 bits per heavy atom. The lowest BCUT2D eigenvalue weighted by Crippen LogP contribution is -2.51.